The van der Waals surface area contributed by atoms with Crippen LogP contribution in [0.15, 0.2) is 57.6 Å². The number of hydrogen-bond acceptors (Lipinski definition) is 7. The first-order chi connectivity index (χ1) is 14.2. The number of rotatable bonds is 4. The van der Waals surface area contributed by atoms with E-state index in [2.05, 4.69) is 22.4 Å². The van der Waals surface area contributed by atoms with E-state index in [-0.39, 0.29) is 6.04 Å². The van der Waals surface area contributed by atoms with Gasteiger partial charge in [-0.15, -0.1) is 0 Å². The second kappa shape index (κ2) is 7.31. The lowest BCUT2D eigenvalue weighted by Crippen LogP contribution is -2.44. The molecule has 0 spiro atoms. The second-order valence-corrected chi connectivity index (χ2v) is 7.24. The van der Waals surface area contributed by atoms with Crippen LogP contribution < -0.4 is 5.32 Å². The zero-order valence-electron chi connectivity index (χ0n) is 16.4. The number of aromatic nitrogens is 4. The van der Waals surface area contributed by atoms with Crippen LogP contribution in [-0.2, 0) is 0 Å². The van der Waals surface area contributed by atoms with Gasteiger partial charge in [0.15, 0.2) is 11.6 Å². The molecule has 8 heteroatoms. The SMILES string of the molecule is Cc1ccc(-c2nn(-c3ccccc3)cc2-c2nc(C3CNCCN3C)no2)o1. The van der Waals surface area contributed by atoms with E-state index in [1.165, 1.54) is 0 Å². The van der Waals surface area contributed by atoms with E-state index in [1.807, 2.05) is 55.6 Å². The molecule has 1 fully saturated rings. The summed E-state index contributed by atoms with van der Waals surface area (Å²) in [5, 5.41) is 12.4. The third-order valence-electron chi connectivity index (χ3n) is 5.19. The normalized spacial score (nSPS) is 17.7. The molecule has 3 aromatic heterocycles. The Morgan fingerprint density at radius 1 is 1.14 bits per heavy atom. The Kier molecular flexibility index (Phi) is 4.49. The number of benzene rings is 1. The van der Waals surface area contributed by atoms with Crippen LogP contribution in [-0.4, -0.2) is 51.5 Å². The Bertz CT molecular complexity index is 1110. The summed E-state index contributed by atoms with van der Waals surface area (Å²) in [7, 11) is 2.08. The number of nitrogens with zero attached hydrogens (tertiary/aromatic N) is 5. The molecule has 5 rings (SSSR count). The Morgan fingerprint density at radius 3 is 2.76 bits per heavy atom. The Labute approximate surface area is 168 Å². The van der Waals surface area contributed by atoms with Gasteiger partial charge in [-0.05, 0) is 38.2 Å². The summed E-state index contributed by atoms with van der Waals surface area (Å²) < 4.78 is 13.3. The van der Waals surface area contributed by atoms with Crippen LogP contribution in [0.5, 0.6) is 0 Å². The average Bonchev–Trinajstić information content (AvgIpc) is 3.48. The second-order valence-electron chi connectivity index (χ2n) is 7.24. The maximum atomic E-state index is 5.84. The highest BCUT2D eigenvalue weighted by atomic mass is 16.5. The molecule has 29 heavy (non-hydrogen) atoms. The van der Waals surface area contributed by atoms with Crippen molar-refractivity contribution in [2.24, 2.45) is 0 Å². The number of furan rings is 1. The molecule has 4 aromatic rings. The molecule has 1 atom stereocenters. The van der Waals surface area contributed by atoms with Crippen molar-refractivity contribution >= 4 is 0 Å². The molecule has 1 aliphatic heterocycles. The van der Waals surface area contributed by atoms with Gasteiger partial charge in [0.05, 0.1) is 17.3 Å². The molecule has 1 N–H and O–H groups in total. The van der Waals surface area contributed by atoms with E-state index in [0.717, 1.165) is 36.6 Å². The summed E-state index contributed by atoms with van der Waals surface area (Å²) in [6.45, 7) is 4.61. The van der Waals surface area contributed by atoms with Crippen molar-refractivity contribution in [2.75, 3.05) is 26.7 Å². The Hall–Kier alpha value is -3.23. The number of aryl methyl sites for hydroxylation is 1. The smallest absolute Gasteiger partial charge is 0.261 e. The third-order valence-corrected chi connectivity index (χ3v) is 5.19. The topological polar surface area (TPSA) is 85.2 Å². The fourth-order valence-electron chi connectivity index (χ4n) is 3.56. The van der Waals surface area contributed by atoms with Crippen molar-refractivity contribution in [2.45, 2.75) is 13.0 Å². The molecule has 0 bridgehead atoms. The van der Waals surface area contributed by atoms with Crippen molar-refractivity contribution in [3.8, 4) is 28.6 Å². The minimum Gasteiger partial charge on any atom is -0.460 e. The van der Waals surface area contributed by atoms with Crippen LogP contribution in [0.2, 0.25) is 0 Å². The van der Waals surface area contributed by atoms with E-state index >= 15 is 0 Å². The summed E-state index contributed by atoms with van der Waals surface area (Å²) in [6.07, 6.45) is 1.91. The largest absolute Gasteiger partial charge is 0.460 e. The summed E-state index contributed by atoms with van der Waals surface area (Å²) >= 11 is 0. The van der Waals surface area contributed by atoms with E-state index in [0.29, 0.717) is 23.2 Å². The Balaban J connectivity index is 1.58. The van der Waals surface area contributed by atoms with Crippen molar-refractivity contribution < 1.29 is 8.94 Å². The predicted molar refractivity (Wildman–Crippen MR) is 108 cm³/mol. The van der Waals surface area contributed by atoms with Gasteiger partial charge in [0.25, 0.3) is 5.89 Å². The molecule has 1 aromatic carbocycles. The van der Waals surface area contributed by atoms with Gasteiger partial charge in [-0.3, -0.25) is 4.90 Å². The maximum Gasteiger partial charge on any atom is 0.261 e. The van der Waals surface area contributed by atoms with Gasteiger partial charge in [-0.2, -0.15) is 10.1 Å². The first-order valence-electron chi connectivity index (χ1n) is 9.66. The minimum atomic E-state index is 0.0831. The maximum absolute atomic E-state index is 5.84. The fourth-order valence-corrected chi connectivity index (χ4v) is 3.56. The van der Waals surface area contributed by atoms with Crippen LogP contribution in [0.1, 0.15) is 17.6 Å². The van der Waals surface area contributed by atoms with Crippen LogP contribution in [0.25, 0.3) is 28.6 Å². The Morgan fingerprint density at radius 2 is 2.00 bits per heavy atom. The third kappa shape index (κ3) is 3.37. The zero-order chi connectivity index (χ0) is 19.8. The molecule has 0 radical (unpaired) electrons. The van der Waals surface area contributed by atoms with Gasteiger partial charge in [-0.25, -0.2) is 4.68 Å². The van der Waals surface area contributed by atoms with Crippen molar-refractivity contribution in [3.63, 3.8) is 0 Å². The molecular formula is C21H22N6O2. The highest BCUT2D eigenvalue weighted by molar-refractivity contribution is 5.74. The van der Waals surface area contributed by atoms with Gasteiger partial charge < -0.3 is 14.3 Å². The van der Waals surface area contributed by atoms with E-state index in [9.17, 15) is 0 Å². The highest BCUT2D eigenvalue weighted by Gasteiger charge is 2.27. The van der Waals surface area contributed by atoms with Gasteiger partial charge in [0.1, 0.15) is 11.5 Å². The number of piperazine rings is 1. The summed E-state index contributed by atoms with van der Waals surface area (Å²) in [6, 6.07) is 13.8. The lowest BCUT2D eigenvalue weighted by molar-refractivity contribution is 0.190. The van der Waals surface area contributed by atoms with Gasteiger partial charge in [-0.1, -0.05) is 23.4 Å². The number of hydrogen-bond donors (Lipinski definition) is 1. The summed E-state index contributed by atoms with van der Waals surface area (Å²) in [5.74, 6) is 2.60. The van der Waals surface area contributed by atoms with E-state index in [1.54, 1.807) is 4.68 Å². The average molecular weight is 390 g/mol. The van der Waals surface area contributed by atoms with Crippen molar-refractivity contribution in [1.82, 2.24) is 30.1 Å². The molecular weight excluding hydrogens is 368 g/mol. The molecule has 8 nitrogen and oxygen atoms in total. The first kappa shape index (κ1) is 17.8. The van der Waals surface area contributed by atoms with Crippen molar-refractivity contribution in [1.29, 1.82) is 0 Å². The molecule has 4 heterocycles. The predicted octanol–water partition coefficient (Wildman–Crippen LogP) is 3.07. The van der Waals surface area contributed by atoms with Gasteiger partial charge in [0.2, 0.25) is 0 Å². The van der Waals surface area contributed by atoms with Crippen LogP contribution in [0.3, 0.4) is 0 Å². The lowest BCUT2D eigenvalue weighted by Gasteiger charge is -2.30. The summed E-state index contributed by atoms with van der Waals surface area (Å²) in [4.78, 5) is 6.93. The van der Waals surface area contributed by atoms with Crippen molar-refractivity contribution in [3.05, 3.63) is 60.2 Å². The molecule has 0 amide bonds. The van der Waals surface area contributed by atoms with Crippen LogP contribution >= 0.6 is 0 Å². The summed E-state index contributed by atoms with van der Waals surface area (Å²) in [5.41, 5.74) is 2.36. The molecule has 1 saturated heterocycles. The highest BCUT2D eigenvalue weighted by Crippen LogP contribution is 2.33. The zero-order valence-corrected chi connectivity index (χ0v) is 16.4. The molecule has 0 saturated carbocycles. The number of nitrogens with one attached hydrogen (secondary N) is 1. The quantitative estimate of drug-likeness (QED) is 0.573. The van der Waals surface area contributed by atoms with Crippen LogP contribution in [0, 0.1) is 6.92 Å². The fraction of sp³-hybridized carbons (Fsp3) is 0.286. The molecule has 0 aliphatic carbocycles. The number of likely N-dealkylation sites (N-methyl/N-ethyl adjacent to an activating group) is 1. The first-order valence-corrected chi connectivity index (χ1v) is 9.66. The minimum absolute atomic E-state index is 0.0831. The molecule has 1 aliphatic rings. The number of para-hydroxylation sites is 1. The van der Waals surface area contributed by atoms with E-state index < -0.39 is 0 Å². The standard InChI is InChI=1S/C21H22N6O2/c1-14-8-9-18(28-14)19-16(13-27(24-19)15-6-4-3-5-7-15)21-23-20(25-29-21)17-12-22-10-11-26(17)2/h3-9,13,17,22H,10-12H2,1-2H3. The van der Waals surface area contributed by atoms with Crippen LogP contribution in [0.4, 0.5) is 0 Å². The van der Waals surface area contributed by atoms with E-state index in [4.69, 9.17) is 19.0 Å². The molecule has 1 unspecified atom stereocenters. The van der Waals surface area contributed by atoms with Gasteiger partial charge in [0, 0.05) is 25.8 Å². The monoisotopic (exact) mass is 390 g/mol. The lowest BCUT2D eigenvalue weighted by atomic mass is 10.2. The molecule has 148 valence electrons. The van der Waals surface area contributed by atoms with Gasteiger partial charge >= 0.3 is 0 Å².